The van der Waals surface area contributed by atoms with Crippen LogP contribution < -0.4 is 0 Å². The summed E-state index contributed by atoms with van der Waals surface area (Å²) in [7, 11) is -4.73. The summed E-state index contributed by atoms with van der Waals surface area (Å²) in [5.41, 5.74) is 0. The third kappa shape index (κ3) is 30.4. The lowest BCUT2D eigenvalue weighted by molar-refractivity contribution is 0.165. The Labute approximate surface area is 255 Å². The highest BCUT2D eigenvalue weighted by molar-refractivity contribution is 8.00. The van der Waals surface area contributed by atoms with Gasteiger partial charge in [-0.2, -0.15) is 8.42 Å². The molecule has 0 heterocycles. The van der Waals surface area contributed by atoms with Crippen molar-refractivity contribution in [3.63, 3.8) is 0 Å². The van der Waals surface area contributed by atoms with E-state index in [9.17, 15) is 13.2 Å². The van der Waals surface area contributed by atoms with Gasteiger partial charge in [0.2, 0.25) is 0 Å². The van der Waals surface area contributed by atoms with Gasteiger partial charge < -0.3 is 4.74 Å². The Kier molecular flexibility index (Phi) is 29.9. The van der Waals surface area contributed by atoms with Gasteiger partial charge in [-0.15, -0.1) is 0 Å². The number of ether oxygens (including phenoxy) is 1. The monoisotopic (exact) mass is 600 g/mol. The zero-order valence-corrected chi connectivity index (χ0v) is 28.0. The van der Waals surface area contributed by atoms with Gasteiger partial charge in [0.05, 0.1) is 6.61 Å². The van der Waals surface area contributed by atoms with Gasteiger partial charge >= 0.3 is 15.4 Å². The highest BCUT2D eigenvalue weighted by atomic mass is 32.2. The van der Waals surface area contributed by atoms with Crippen molar-refractivity contribution in [2.24, 2.45) is 5.92 Å². The molecule has 0 spiro atoms. The first-order valence-corrected chi connectivity index (χ1v) is 19.1. The van der Waals surface area contributed by atoms with E-state index in [-0.39, 0.29) is 6.61 Å². The molecule has 0 saturated heterocycles. The average Bonchev–Trinajstić information content (AvgIpc) is 2.94. The van der Waals surface area contributed by atoms with E-state index in [2.05, 4.69) is 30.7 Å². The molecular weight excluding hydrogens is 532 g/mol. The second-order valence-corrected chi connectivity index (χ2v) is 13.6. The smallest absolute Gasteiger partial charge is 0.451 e. The number of unbranched alkanes of at least 4 members (excludes halogenated alkanes) is 21. The Balaban J connectivity index is 3.98. The van der Waals surface area contributed by atoms with Crippen LogP contribution >= 0.6 is 0 Å². The van der Waals surface area contributed by atoms with Crippen LogP contribution in [0.2, 0.25) is 0 Å². The maximum absolute atomic E-state index is 11.2. The largest absolute Gasteiger partial charge is 0.452 e. The summed E-state index contributed by atoms with van der Waals surface area (Å²) >= 11 is 0. The van der Waals surface area contributed by atoms with Crippen LogP contribution in [0, 0.1) is 5.92 Å². The SMILES string of the molecule is CCCCCCCCC=CCCCCCCCCC(CCCCCCCCCCC)CCCCOC(=O)S(=O)(=O)O. The number of hydrogen-bond acceptors (Lipinski definition) is 4. The van der Waals surface area contributed by atoms with Crippen molar-refractivity contribution in [2.75, 3.05) is 6.61 Å². The average molecular weight is 601 g/mol. The molecule has 0 aromatic carbocycles. The zero-order valence-electron chi connectivity index (χ0n) is 27.2. The molecule has 0 aliphatic rings. The molecule has 0 aromatic heterocycles. The summed E-state index contributed by atoms with van der Waals surface area (Å²) in [4.78, 5) is 11.2. The predicted molar refractivity (Wildman–Crippen MR) is 176 cm³/mol. The van der Waals surface area contributed by atoms with Crippen molar-refractivity contribution in [3.8, 4) is 0 Å². The van der Waals surface area contributed by atoms with E-state index in [4.69, 9.17) is 4.55 Å². The zero-order chi connectivity index (χ0) is 30.3. The molecule has 1 atom stereocenters. The van der Waals surface area contributed by atoms with E-state index < -0.39 is 15.4 Å². The van der Waals surface area contributed by atoms with Crippen LogP contribution in [0.15, 0.2) is 12.2 Å². The van der Waals surface area contributed by atoms with Gasteiger partial charge in [0.1, 0.15) is 0 Å². The Hall–Kier alpha value is -0.880. The first kappa shape index (κ1) is 40.1. The Bertz CT molecular complexity index is 689. The van der Waals surface area contributed by atoms with Crippen molar-refractivity contribution in [1.29, 1.82) is 0 Å². The molecule has 244 valence electrons. The van der Waals surface area contributed by atoms with Gasteiger partial charge in [0, 0.05) is 0 Å². The molecule has 0 aliphatic heterocycles. The van der Waals surface area contributed by atoms with Crippen LogP contribution in [0.3, 0.4) is 0 Å². The molecule has 0 rings (SSSR count). The van der Waals surface area contributed by atoms with E-state index in [0.29, 0.717) is 12.3 Å². The van der Waals surface area contributed by atoms with Crippen LogP contribution in [-0.4, -0.2) is 24.9 Å². The molecule has 0 bridgehead atoms. The van der Waals surface area contributed by atoms with E-state index in [0.717, 1.165) is 12.8 Å². The van der Waals surface area contributed by atoms with Crippen LogP contribution in [0.5, 0.6) is 0 Å². The first-order chi connectivity index (χ1) is 19.9. The summed E-state index contributed by atoms with van der Waals surface area (Å²) in [6.45, 7) is 4.59. The van der Waals surface area contributed by atoms with Gasteiger partial charge in [-0.3, -0.25) is 4.55 Å². The van der Waals surface area contributed by atoms with Crippen molar-refractivity contribution >= 4 is 15.4 Å². The Morgan fingerprint density at radius 2 is 0.902 bits per heavy atom. The van der Waals surface area contributed by atoms with Crippen molar-refractivity contribution < 1.29 is 22.5 Å². The minimum atomic E-state index is -4.73. The van der Waals surface area contributed by atoms with Crippen LogP contribution in [0.4, 0.5) is 4.79 Å². The fourth-order valence-corrected chi connectivity index (χ4v) is 5.85. The predicted octanol–water partition coefficient (Wildman–Crippen LogP) is 12.1. The summed E-state index contributed by atoms with van der Waals surface area (Å²) in [6.07, 6.45) is 40.8. The molecule has 41 heavy (non-hydrogen) atoms. The Morgan fingerprint density at radius 3 is 1.29 bits per heavy atom. The van der Waals surface area contributed by atoms with E-state index in [1.54, 1.807) is 0 Å². The highest BCUT2D eigenvalue weighted by Crippen LogP contribution is 2.24. The summed E-state index contributed by atoms with van der Waals surface area (Å²) in [6, 6.07) is 0. The van der Waals surface area contributed by atoms with E-state index in [1.165, 1.54) is 161 Å². The molecule has 0 saturated carbocycles. The molecule has 1 unspecified atom stereocenters. The number of carbonyl (C=O) groups excluding carboxylic acids is 1. The van der Waals surface area contributed by atoms with Gasteiger partial charge in [-0.05, 0) is 44.4 Å². The second-order valence-electron chi connectivity index (χ2n) is 12.3. The third-order valence-electron chi connectivity index (χ3n) is 8.28. The first-order valence-electron chi connectivity index (χ1n) is 17.7. The normalized spacial score (nSPS) is 12.8. The lowest BCUT2D eigenvalue weighted by atomic mass is 9.90. The minimum absolute atomic E-state index is 0.0532. The molecule has 0 amide bonds. The summed E-state index contributed by atoms with van der Waals surface area (Å²) in [5.74, 6) is 0.702. The third-order valence-corrected chi connectivity index (χ3v) is 8.82. The summed E-state index contributed by atoms with van der Waals surface area (Å²) in [5, 5.41) is -1.53. The highest BCUT2D eigenvalue weighted by Gasteiger charge is 2.19. The molecule has 0 radical (unpaired) electrons. The molecule has 0 fully saturated rings. The van der Waals surface area contributed by atoms with Crippen LogP contribution in [0.1, 0.15) is 194 Å². The van der Waals surface area contributed by atoms with Crippen LogP contribution in [-0.2, 0) is 14.9 Å². The van der Waals surface area contributed by atoms with Gasteiger partial charge in [-0.1, -0.05) is 167 Å². The fraction of sp³-hybridized carbons (Fsp3) is 0.914. The van der Waals surface area contributed by atoms with Crippen molar-refractivity contribution in [1.82, 2.24) is 0 Å². The van der Waals surface area contributed by atoms with Gasteiger partial charge in [0.25, 0.3) is 0 Å². The topological polar surface area (TPSA) is 80.7 Å². The standard InChI is InChI=1S/C35H68O5S/c1-3-5-7-9-11-13-14-15-16-17-18-19-21-23-25-27-31-34(30-26-24-22-20-12-10-8-6-4-2)32-28-29-33-40-35(36)41(37,38)39/h15-16,34H,3-14,17-33H2,1-2H3,(H,37,38,39). The lowest BCUT2D eigenvalue weighted by Crippen LogP contribution is -2.15. The van der Waals surface area contributed by atoms with Crippen molar-refractivity contribution in [2.45, 2.75) is 194 Å². The number of hydrogen-bond donors (Lipinski definition) is 1. The van der Waals surface area contributed by atoms with Crippen LogP contribution in [0.25, 0.3) is 0 Å². The maximum Gasteiger partial charge on any atom is 0.451 e. The number of carbonyl (C=O) groups is 1. The Morgan fingerprint density at radius 1 is 0.561 bits per heavy atom. The van der Waals surface area contributed by atoms with E-state index >= 15 is 0 Å². The van der Waals surface area contributed by atoms with E-state index in [1.807, 2.05) is 0 Å². The fourth-order valence-electron chi connectivity index (χ4n) is 5.62. The molecule has 5 nitrogen and oxygen atoms in total. The number of rotatable bonds is 31. The molecule has 0 aliphatic carbocycles. The summed E-state index contributed by atoms with van der Waals surface area (Å²) < 4.78 is 34.9. The second kappa shape index (κ2) is 30.6. The molecule has 1 N–H and O–H groups in total. The minimum Gasteiger partial charge on any atom is -0.452 e. The molecular formula is C35H68O5S. The quantitative estimate of drug-likeness (QED) is 0.0370. The maximum atomic E-state index is 11.2. The van der Waals surface area contributed by atoms with Crippen molar-refractivity contribution in [3.05, 3.63) is 12.2 Å². The molecule has 0 aromatic rings. The number of allylic oxidation sites excluding steroid dienone is 2. The lowest BCUT2D eigenvalue weighted by Gasteiger charge is -2.17. The van der Waals surface area contributed by atoms with Gasteiger partial charge in [0.15, 0.2) is 0 Å². The molecule has 6 heteroatoms. The van der Waals surface area contributed by atoms with Gasteiger partial charge in [-0.25, -0.2) is 4.79 Å².